The predicted molar refractivity (Wildman–Crippen MR) is 82.0 cm³/mol. The van der Waals surface area contributed by atoms with Crippen LogP contribution < -0.4 is 5.32 Å². The lowest BCUT2D eigenvalue weighted by Gasteiger charge is -2.06. The first-order valence-corrected chi connectivity index (χ1v) is 8.36. The van der Waals surface area contributed by atoms with Crippen molar-refractivity contribution in [2.24, 2.45) is 0 Å². The summed E-state index contributed by atoms with van der Waals surface area (Å²) in [5.74, 6) is 1.42. The molecule has 0 spiro atoms. The molecule has 0 saturated carbocycles. The molecule has 0 unspecified atom stereocenters. The van der Waals surface area contributed by atoms with E-state index in [0.29, 0.717) is 16.9 Å². The molecule has 0 aliphatic heterocycles. The van der Waals surface area contributed by atoms with Crippen LogP contribution in [0.5, 0.6) is 0 Å². The first kappa shape index (κ1) is 14.9. The Balaban J connectivity index is 1.84. The van der Waals surface area contributed by atoms with Crippen molar-refractivity contribution in [3.05, 3.63) is 35.7 Å². The molecule has 1 aromatic carbocycles. The number of amides is 1. The number of nitrogens with zero attached hydrogens (tertiary/aromatic N) is 2. The van der Waals surface area contributed by atoms with Crippen LogP contribution in [0.25, 0.3) is 0 Å². The third-order valence-corrected chi connectivity index (χ3v) is 3.82. The number of rotatable bonds is 6. The van der Waals surface area contributed by atoms with E-state index in [1.807, 2.05) is 37.4 Å². The average molecular weight is 309 g/mol. The summed E-state index contributed by atoms with van der Waals surface area (Å²) in [7, 11) is 0. The van der Waals surface area contributed by atoms with Crippen LogP contribution in [0.2, 0.25) is 0 Å². The number of benzene rings is 1. The van der Waals surface area contributed by atoms with Crippen molar-refractivity contribution in [2.45, 2.75) is 17.9 Å². The molecule has 0 radical (unpaired) electrons. The molecule has 1 aromatic heterocycles. The lowest BCUT2D eigenvalue weighted by molar-refractivity contribution is -0.113. The van der Waals surface area contributed by atoms with E-state index in [2.05, 4.69) is 15.5 Å². The largest absolute Gasteiger partial charge is 0.415 e. The van der Waals surface area contributed by atoms with Crippen LogP contribution >= 0.6 is 23.5 Å². The van der Waals surface area contributed by atoms with Gasteiger partial charge in [0, 0.05) is 5.69 Å². The molecular weight excluding hydrogens is 294 g/mol. The Kier molecular flexibility index (Phi) is 5.49. The molecule has 0 bridgehead atoms. The summed E-state index contributed by atoms with van der Waals surface area (Å²) in [5, 5.41) is 11.1. The van der Waals surface area contributed by atoms with E-state index >= 15 is 0 Å². The maximum absolute atomic E-state index is 11.8. The second-order valence-electron chi connectivity index (χ2n) is 4.05. The number of aromatic nitrogens is 2. The highest BCUT2D eigenvalue weighted by molar-refractivity contribution is 7.99. The molecule has 7 heteroatoms. The summed E-state index contributed by atoms with van der Waals surface area (Å²) >= 11 is 2.85. The summed E-state index contributed by atoms with van der Waals surface area (Å²) in [5.41, 5.74) is 1.86. The smallest absolute Gasteiger partial charge is 0.277 e. The normalized spacial score (nSPS) is 10.5. The van der Waals surface area contributed by atoms with Gasteiger partial charge >= 0.3 is 0 Å². The minimum atomic E-state index is -0.0890. The van der Waals surface area contributed by atoms with Crippen LogP contribution in [0.1, 0.15) is 11.5 Å². The highest BCUT2D eigenvalue weighted by atomic mass is 32.2. The topological polar surface area (TPSA) is 68.0 Å². The zero-order chi connectivity index (χ0) is 14.4. The van der Waals surface area contributed by atoms with Gasteiger partial charge in [-0.3, -0.25) is 4.79 Å². The summed E-state index contributed by atoms with van der Waals surface area (Å²) in [6.45, 7) is 1.95. The molecule has 106 valence electrons. The first-order chi connectivity index (χ1) is 9.69. The molecular formula is C13H15N3O2S2. The number of thioether (sulfide) groups is 2. The maximum Gasteiger partial charge on any atom is 0.277 e. The predicted octanol–water partition coefficient (Wildman–Crippen LogP) is 2.97. The second kappa shape index (κ2) is 7.35. The average Bonchev–Trinajstić information content (AvgIpc) is 2.87. The van der Waals surface area contributed by atoms with Gasteiger partial charge in [-0.05, 0) is 24.8 Å². The van der Waals surface area contributed by atoms with Gasteiger partial charge in [-0.2, -0.15) is 11.8 Å². The van der Waals surface area contributed by atoms with E-state index in [-0.39, 0.29) is 11.7 Å². The quantitative estimate of drug-likeness (QED) is 0.827. The molecule has 5 nitrogen and oxygen atoms in total. The molecule has 0 aliphatic carbocycles. The zero-order valence-corrected chi connectivity index (χ0v) is 12.9. The van der Waals surface area contributed by atoms with Crippen molar-refractivity contribution in [1.29, 1.82) is 0 Å². The van der Waals surface area contributed by atoms with Gasteiger partial charge in [0.1, 0.15) is 0 Å². The minimum Gasteiger partial charge on any atom is -0.415 e. The number of carbonyl (C=O) groups excluding carboxylic acids is 1. The lowest BCUT2D eigenvalue weighted by Crippen LogP contribution is -2.14. The summed E-state index contributed by atoms with van der Waals surface area (Å²) in [6.07, 6.45) is 1.96. The van der Waals surface area contributed by atoms with Crippen molar-refractivity contribution in [1.82, 2.24) is 10.2 Å². The molecule has 2 aromatic rings. The fourth-order valence-electron chi connectivity index (χ4n) is 1.51. The monoisotopic (exact) mass is 309 g/mol. The van der Waals surface area contributed by atoms with Crippen molar-refractivity contribution < 1.29 is 9.21 Å². The van der Waals surface area contributed by atoms with Gasteiger partial charge in [0.25, 0.3) is 5.22 Å². The van der Waals surface area contributed by atoms with E-state index in [4.69, 9.17) is 4.42 Å². The molecule has 20 heavy (non-hydrogen) atoms. The third-order valence-electron chi connectivity index (χ3n) is 2.46. The van der Waals surface area contributed by atoms with Crippen LogP contribution in [0.3, 0.4) is 0 Å². The number of para-hydroxylation sites is 1. The van der Waals surface area contributed by atoms with Gasteiger partial charge in [0.05, 0.1) is 11.5 Å². The minimum absolute atomic E-state index is 0.0890. The number of hydrogen-bond acceptors (Lipinski definition) is 6. The fraction of sp³-hybridized carbons (Fsp3) is 0.308. The molecule has 0 fully saturated rings. The molecule has 0 aliphatic rings. The van der Waals surface area contributed by atoms with Crippen molar-refractivity contribution in [3.63, 3.8) is 0 Å². The van der Waals surface area contributed by atoms with Gasteiger partial charge in [0.15, 0.2) is 0 Å². The Labute approximate surface area is 125 Å². The van der Waals surface area contributed by atoms with Crippen LogP contribution in [-0.2, 0) is 10.5 Å². The standard InChI is InChI=1S/C13H15N3O2S2/c1-9-5-3-4-6-10(9)14-11(17)7-20-13-16-15-12(18-13)8-19-2/h3-6H,7-8H2,1-2H3,(H,14,17). The highest BCUT2D eigenvalue weighted by Crippen LogP contribution is 2.19. The van der Waals surface area contributed by atoms with Gasteiger partial charge in [0.2, 0.25) is 11.8 Å². The summed E-state index contributed by atoms with van der Waals surface area (Å²) in [6, 6.07) is 7.66. The molecule has 0 atom stereocenters. The SMILES string of the molecule is CSCc1nnc(SCC(=O)Nc2ccccc2C)o1. The van der Waals surface area contributed by atoms with Crippen LogP contribution in [0, 0.1) is 6.92 Å². The van der Waals surface area contributed by atoms with E-state index < -0.39 is 0 Å². The second-order valence-corrected chi connectivity index (χ2v) is 5.84. The van der Waals surface area contributed by atoms with Gasteiger partial charge in [-0.15, -0.1) is 10.2 Å². The summed E-state index contributed by atoms with van der Waals surface area (Å²) < 4.78 is 5.39. The van der Waals surface area contributed by atoms with E-state index in [9.17, 15) is 4.79 Å². The van der Waals surface area contributed by atoms with E-state index in [1.165, 1.54) is 11.8 Å². The molecule has 0 saturated heterocycles. The van der Waals surface area contributed by atoms with Crippen LogP contribution in [0.4, 0.5) is 5.69 Å². The Bertz CT molecular complexity index is 587. The number of anilines is 1. The van der Waals surface area contributed by atoms with Crippen molar-refractivity contribution in [2.75, 3.05) is 17.3 Å². The fourth-order valence-corrected chi connectivity index (χ4v) is 2.45. The third kappa shape index (κ3) is 4.28. The summed E-state index contributed by atoms with van der Waals surface area (Å²) in [4.78, 5) is 11.8. The Morgan fingerprint density at radius 3 is 2.90 bits per heavy atom. The van der Waals surface area contributed by atoms with Gasteiger partial charge in [-0.1, -0.05) is 30.0 Å². The Morgan fingerprint density at radius 1 is 1.35 bits per heavy atom. The molecule has 1 N–H and O–H groups in total. The van der Waals surface area contributed by atoms with E-state index in [0.717, 1.165) is 11.3 Å². The number of aryl methyl sites for hydroxylation is 1. The van der Waals surface area contributed by atoms with E-state index in [1.54, 1.807) is 11.8 Å². The Hall–Kier alpha value is -1.47. The van der Waals surface area contributed by atoms with Crippen LogP contribution in [0.15, 0.2) is 33.9 Å². The van der Waals surface area contributed by atoms with Gasteiger partial charge in [-0.25, -0.2) is 0 Å². The zero-order valence-electron chi connectivity index (χ0n) is 11.3. The number of nitrogens with one attached hydrogen (secondary N) is 1. The Morgan fingerprint density at radius 2 is 2.15 bits per heavy atom. The number of carbonyl (C=O) groups is 1. The highest BCUT2D eigenvalue weighted by Gasteiger charge is 2.10. The molecule has 1 amide bonds. The molecule has 1 heterocycles. The first-order valence-electron chi connectivity index (χ1n) is 5.98. The van der Waals surface area contributed by atoms with Crippen molar-refractivity contribution >= 4 is 35.1 Å². The lowest BCUT2D eigenvalue weighted by atomic mass is 10.2. The maximum atomic E-state index is 11.8. The number of hydrogen-bond donors (Lipinski definition) is 1. The van der Waals surface area contributed by atoms with Crippen molar-refractivity contribution in [3.8, 4) is 0 Å². The van der Waals surface area contributed by atoms with Crippen LogP contribution in [-0.4, -0.2) is 28.1 Å². The molecule has 2 rings (SSSR count). The van der Waals surface area contributed by atoms with Gasteiger partial charge < -0.3 is 9.73 Å².